The summed E-state index contributed by atoms with van der Waals surface area (Å²) in [4.78, 5) is 12.2. The van der Waals surface area contributed by atoms with Crippen LogP contribution in [-0.4, -0.2) is 20.4 Å². The van der Waals surface area contributed by atoms with Crippen molar-refractivity contribution in [1.82, 2.24) is 0 Å². The second kappa shape index (κ2) is 6.80. The molecule has 2 rings (SSSR count). The minimum atomic E-state index is -3.80. The van der Waals surface area contributed by atoms with E-state index in [1.807, 2.05) is 31.2 Å². The second-order valence-corrected chi connectivity index (χ2v) is 6.86. The van der Waals surface area contributed by atoms with Gasteiger partial charge in [0.25, 0.3) is 0 Å². The molecule has 0 radical (unpaired) electrons. The van der Waals surface area contributed by atoms with E-state index in [2.05, 4.69) is 10.6 Å². The molecule has 0 saturated carbocycles. The van der Waals surface area contributed by atoms with Crippen molar-refractivity contribution in [2.75, 3.05) is 10.6 Å². The average molecular weight is 333 g/mol. The first kappa shape index (κ1) is 17.0. The summed E-state index contributed by atoms with van der Waals surface area (Å²) in [6, 6.07) is 13.0. The zero-order valence-corrected chi connectivity index (χ0v) is 13.7. The Labute approximate surface area is 135 Å². The minimum Gasteiger partial charge on any atom is -0.374 e. The normalized spacial score (nSPS) is 12.5. The van der Waals surface area contributed by atoms with Gasteiger partial charge in [-0.05, 0) is 49.7 Å². The summed E-state index contributed by atoms with van der Waals surface area (Å²) in [5.41, 5.74) is 2.30. The summed E-state index contributed by atoms with van der Waals surface area (Å²) in [5.74, 6) is -0.280. The summed E-state index contributed by atoms with van der Waals surface area (Å²) in [6.07, 6.45) is 0. The smallest absolute Gasteiger partial charge is 0.246 e. The minimum absolute atomic E-state index is 0.0467. The molecule has 2 aromatic carbocycles. The number of aryl methyl sites for hydroxylation is 1. The van der Waals surface area contributed by atoms with Crippen LogP contribution < -0.4 is 15.8 Å². The fraction of sp³-hybridized carbons (Fsp3) is 0.188. The number of amides is 1. The van der Waals surface area contributed by atoms with Gasteiger partial charge in [0.2, 0.25) is 15.9 Å². The largest absolute Gasteiger partial charge is 0.374 e. The van der Waals surface area contributed by atoms with Crippen molar-refractivity contribution in [3.8, 4) is 0 Å². The quantitative estimate of drug-likeness (QED) is 0.779. The Morgan fingerprint density at radius 1 is 1.09 bits per heavy atom. The molecule has 1 amide bonds. The van der Waals surface area contributed by atoms with Crippen LogP contribution in [0, 0.1) is 6.92 Å². The van der Waals surface area contributed by atoms with Crippen molar-refractivity contribution in [1.29, 1.82) is 0 Å². The van der Waals surface area contributed by atoms with Gasteiger partial charge >= 0.3 is 0 Å². The number of anilines is 2. The number of hydrogen-bond donors (Lipinski definition) is 3. The third-order valence-electron chi connectivity index (χ3n) is 3.22. The molecule has 0 bridgehead atoms. The maximum absolute atomic E-state index is 12.2. The van der Waals surface area contributed by atoms with Crippen LogP contribution in [0.4, 0.5) is 11.4 Å². The first-order chi connectivity index (χ1) is 10.8. The molecule has 0 aliphatic carbocycles. The van der Waals surface area contributed by atoms with Gasteiger partial charge < -0.3 is 10.6 Å². The van der Waals surface area contributed by atoms with E-state index < -0.39 is 16.1 Å². The zero-order chi connectivity index (χ0) is 17.0. The Bertz CT molecular complexity index is 819. The highest BCUT2D eigenvalue weighted by Crippen LogP contribution is 2.15. The highest BCUT2D eigenvalue weighted by Gasteiger charge is 2.14. The first-order valence-electron chi connectivity index (χ1n) is 7.02. The van der Waals surface area contributed by atoms with E-state index in [0.29, 0.717) is 5.69 Å². The lowest BCUT2D eigenvalue weighted by Gasteiger charge is -2.16. The molecular formula is C16H19N3O3S. The van der Waals surface area contributed by atoms with Crippen molar-refractivity contribution in [3.63, 3.8) is 0 Å². The van der Waals surface area contributed by atoms with Gasteiger partial charge in [0, 0.05) is 11.4 Å². The number of nitrogens with one attached hydrogen (secondary N) is 2. The molecule has 0 aliphatic heterocycles. The van der Waals surface area contributed by atoms with Crippen LogP contribution in [0.2, 0.25) is 0 Å². The molecule has 6 nitrogen and oxygen atoms in total. The molecular weight excluding hydrogens is 314 g/mol. The Hall–Kier alpha value is -2.38. The van der Waals surface area contributed by atoms with Crippen LogP contribution in [-0.2, 0) is 14.8 Å². The Morgan fingerprint density at radius 2 is 1.74 bits per heavy atom. The van der Waals surface area contributed by atoms with Gasteiger partial charge in [-0.25, -0.2) is 13.6 Å². The third kappa shape index (κ3) is 4.80. The number of nitrogens with two attached hydrogens (primary N) is 1. The number of sulfonamides is 1. The number of primary sulfonamides is 1. The highest BCUT2D eigenvalue weighted by atomic mass is 32.2. The van der Waals surface area contributed by atoms with Crippen LogP contribution in [0.5, 0.6) is 0 Å². The predicted molar refractivity (Wildman–Crippen MR) is 90.7 cm³/mol. The molecule has 0 aliphatic rings. The van der Waals surface area contributed by atoms with Crippen LogP contribution >= 0.6 is 0 Å². The van der Waals surface area contributed by atoms with E-state index >= 15 is 0 Å². The van der Waals surface area contributed by atoms with Gasteiger partial charge in [-0.15, -0.1) is 0 Å². The van der Waals surface area contributed by atoms with E-state index in [1.165, 1.54) is 18.2 Å². The molecule has 0 aromatic heterocycles. The van der Waals surface area contributed by atoms with Crippen LogP contribution in [0.15, 0.2) is 53.4 Å². The first-order valence-corrected chi connectivity index (χ1v) is 8.57. The summed E-state index contributed by atoms with van der Waals surface area (Å²) in [6.45, 7) is 3.69. The maximum atomic E-state index is 12.2. The Balaban J connectivity index is 2.07. The summed E-state index contributed by atoms with van der Waals surface area (Å²) < 4.78 is 22.7. The molecule has 7 heteroatoms. The van der Waals surface area contributed by atoms with Crippen molar-refractivity contribution in [2.24, 2.45) is 5.14 Å². The van der Waals surface area contributed by atoms with E-state index in [9.17, 15) is 13.2 Å². The van der Waals surface area contributed by atoms with Crippen LogP contribution in [0.1, 0.15) is 12.5 Å². The third-order valence-corrected chi connectivity index (χ3v) is 4.14. The molecule has 2 aromatic rings. The van der Waals surface area contributed by atoms with Crippen molar-refractivity contribution >= 4 is 27.3 Å². The number of hydrogen-bond acceptors (Lipinski definition) is 4. The number of benzene rings is 2. The predicted octanol–water partition coefficient (Wildman–Crippen LogP) is 2.08. The number of carbonyl (C=O) groups is 1. The molecule has 4 N–H and O–H groups in total. The van der Waals surface area contributed by atoms with Crippen molar-refractivity contribution in [2.45, 2.75) is 24.8 Å². The molecule has 0 saturated heterocycles. The van der Waals surface area contributed by atoms with Gasteiger partial charge in [-0.3, -0.25) is 4.79 Å². The van der Waals surface area contributed by atoms with E-state index in [1.54, 1.807) is 13.0 Å². The number of carbonyl (C=O) groups excluding carboxylic acids is 1. The lowest BCUT2D eigenvalue weighted by Crippen LogP contribution is -2.31. The van der Waals surface area contributed by atoms with Gasteiger partial charge in [0.05, 0.1) is 4.90 Å². The zero-order valence-electron chi connectivity index (χ0n) is 12.9. The van der Waals surface area contributed by atoms with E-state index in [4.69, 9.17) is 5.14 Å². The van der Waals surface area contributed by atoms with Crippen LogP contribution in [0.3, 0.4) is 0 Å². The molecule has 0 heterocycles. The molecule has 23 heavy (non-hydrogen) atoms. The van der Waals surface area contributed by atoms with Crippen molar-refractivity contribution in [3.05, 3.63) is 54.1 Å². The molecule has 0 unspecified atom stereocenters. The van der Waals surface area contributed by atoms with Gasteiger partial charge in [-0.2, -0.15) is 0 Å². The molecule has 1 atom stereocenters. The Morgan fingerprint density at radius 3 is 2.39 bits per heavy atom. The lowest BCUT2D eigenvalue weighted by molar-refractivity contribution is -0.116. The fourth-order valence-electron chi connectivity index (χ4n) is 2.05. The Kier molecular flexibility index (Phi) is 5.02. The topological polar surface area (TPSA) is 101 Å². The highest BCUT2D eigenvalue weighted by molar-refractivity contribution is 7.89. The average Bonchev–Trinajstić information content (AvgIpc) is 2.46. The van der Waals surface area contributed by atoms with Gasteiger partial charge in [0.15, 0.2) is 0 Å². The molecule has 0 spiro atoms. The van der Waals surface area contributed by atoms with E-state index in [0.717, 1.165) is 11.3 Å². The summed E-state index contributed by atoms with van der Waals surface area (Å²) in [5, 5.41) is 10.8. The van der Waals surface area contributed by atoms with Crippen LogP contribution in [0.25, 0.3) is 0 Å². The van der Waals surface area contributed by atoms with Crippen molar-refractivity contribution < 1.29 is 13.2 Å². The summed E-state index contributed by atoms with van der Waals surface area (Å²) in [7, 11) is -3.80. The van der Waals surface area contributed by atoms with Gasteiger partial charge in [-0.1, -0.05) is 18.2 Å². The fourth-order valence-corrected chi connectivity index (χ4v) is 2.61. The number of rotatable bonds is 5. The molecule has 122 valence electrons. The van der Waals surface area contributed by atoms with E-state index in [-0.39, 0.29) is 10.8 Å². The molecule has 0 fully saturated rings. The SMILES string of the molecule is Cc1cccc(N[C@H](C)C(=O)Nc2cccc(S(N)(=O)=O)c2)c1. The van der Waals surface area contributed by atoms with Gasteiger partial charge in [0.1, 0.15) is 6.04 Å². The lowest BCUT2D eigenvalue weighted by atomic mass is 10.2. The second-order valence-electron chi connectivity index (χ2n) is 5.30. The maximum Gasteiger partial charge on any atom is 0.246 e. The monoisotopic (exact) mass is 333 g/mol. The summed E-state index contributed by atoms with van der Waals surface area (Å²) >= 11 is 0. The standard InChI is InChI=1S/C16H19N3O3S/c1-11-5-3-6-13(9-11)18-12(2)16(20)19-14-7-4-8-15(10-14)23(17,21)22/h3-10,12,18H,1-2H3,(H,19,20)(H2,17,21,22)/t12-/m1/s1.